The molecule has 0 aliphatic heterocycles. The third kappa shape index (κ3) is 4.98. The fourth-order valence-corrected chi connectivity index (χ4v) is 2.21. The van der Waals surface area contributed by atoms with Crippen LogP contribution in [0.15, 0.2) is 42.5 Å². The van der Waals surface area contributed by atoms with E-state index in [2.05, 4.69) is 5.32 Å². The van der Waals surface area contributed by atoms with Crippen molar-refractivity contribution in [3.63, 3.8) is 0 Å². The van der Waals surface area contributed by atoms with Gasteiger partial charge in [0, 0.05) is 10.7 Å². The summed E-state index contributed by atoms with van der Waals surface area (Å²) < 4.78 is 42.6. The number of hydrogen-bond donors (Lipinski definition) is 1. The molecule has 0 spiro atoms. The predicted octanol–water partition coefficient (Wildman–Crippen LogP) is 4.85. The summed E-state index contributed by atoms with van der Waals surface area (Å²) in [4.78, 5) is 24.1. The number of anilines is 1. The fraction of sp³-hybridized carbons (Fsp3) is 0.222. The largest absolute Gasteiger partial charge is 0.449 e. The van der Waals surface area contributed by atoms with Crippen LogP contribution in [0.3, 0.4) is 0 Å². The fourth-order valence-electron chi connectivity index (χ4n) is 2.04. The highest BCUT2D eigenvalue weighted by Gasteiger charge is 2.30. The summed E-state index contributed by atoms with van der Waals surface area (Å²) in [6.07, 6.45) is -5.65. The molecule has 0 saturated heterocycles. The van der Waals surface area contributed by atoms with Crippen LogP contribution in [0.25, 0.3) is 0 Å². The van der Waals surface area contributed by atoms with Gasteiger partial charge in [0.15, 0.2) is 6.10 Å². The van der Waals surface area contributed by atoms with E-state index >= 15 is 0 Å². The quantitative estimate of drug-likeness (QED) is 0.765. The maximum atomic E-state index is 12.5. The predicted molar refractivity (Wildman–Crippen MR) is 91.1 cm³/mol. The second kappa shape index (κ2) is 7.78. The van der Waals surface area contributed by atoms with Crippen molar-refractivity contribution in [1.82, 2.24) is 0 Å². The highest BCUT2D eigenvalue weighted by atomic mass is 35.5. The van der Waals surface area contributed by atoms with Crippen LogP contribution in [0.2, 0.25) is 5.02 Å². The normalized spacial score (nSPS) is 12.4. The molecule has 0 bridgehead atoms. The van der Waals surface area contributed by atoms with E-state index < -0.39 is 29.7 Å². The monoisotopic (exact) mass is 385 g/mol. The summed E-state index contributed by atoms with van der Waals surface area (Å²) in [7, 11) is 0. The number of carbonyl (C=O) groups is 2. The molecule has 8 heteroatoms. The first-order chi connectivity index (χ1) is 12.1. The van der Waals surface area contributed by atoms with Gasteiger partial charge in [-0.1, -0.05) is 17.7 Å². The Labute approximate surface area is 152 Å². The topological polar surface area (TPSA) is 55.4 Å². The van der Waals surface area contributed by atoms with Gasteiger partial charge in [0.25, 0.3) is 5.91 Å². The number of carbonyl (C=O) groups excluding carboxylic acids is 2. The molecular formula is C18H15ClF3NO3. The van der Waals surface area contributed by atoms with E-state index in [0.29, 0.717) is 10.7 Å². The number of hydrogen-bond acceptors (Lipinski definition) is 3. The van der Waals surface area contributed by atoms with Gasteiger partial charge in [-0.3, -0.25) is 4.79 Å². The van der Waals surface area contributed by atoms with Gasteiger partial charge in [-0.2, -0.15) is 13.2 Å². The van der Waals surface area contributed by atoms with Crippen molar-refractivity contribution in [3.8, 4) is 0 Å². The second-order valence-corrected chi connectivity index (χ2v) is 6.01. The molecule has 0 aromatic heterocycles. The Balaban J connectivity index is 2.02. The van der Waals surface area contributed by atoms with E-state index in [1.165, 1.54) is 6.92 Å². The van der Waals surface area contributed by atoms with Gasteiger partial charge in [-0.05, 0) is 55.8 Å². The third-order valence-corrected chi connectivity index (χ3v) is 3.79. The molecule has 1 unspecified atom stereocenters. The van der Waals surface area contributed by atoms with Crippen LogP contribution >= 0.6 is 11.6 Å². The smallest absolute Gasteiger partial charge is 0.416 e. The van der Waals surface area contributed by atoms with Crippen LogP contribution in [0.1, 0.15) is 28.4 Å². The molecule has 0 aliphatic carbocycles. The Kier molecular flexibility index (Phi) is 5.92. The zero-order valence-electron chi connectivity index (χ0n) is 13.9. The van der Waals surface area contributed by atoms with Gasteiger partial charge in [0.05, 0.1) is 11.1 Å². The lowest BCUT2D eigenvalue weighted by Gasteiger charge is -2.15. The molecule has 1 amide bonds. The Morgan fingerprint density at radius 1 is 1.12 bits per heavy atom. The molecule has 1 N–H and O–H groups in total. The van der Waals surface area contributed by atoms with Crippen molar-refractivity contribution < 1.29 is 27.5 Å². The number of rotatable bonds is 4. The summed E-state index contributed by atoms with van der Waals surface area (Å²) in [5.74, 6) is -1.49. The van der Waals surface area contributed by atoms with E-state index in [-0.39, 0.29) is 5.56 Å². The van der Waals surface area contributed by atoms with Crippen molar-refractivity contribution in [3.05, 3.63) is 64.2 Å². The van der Waals surface area contributed by atoms with Gasteiger partial charge in [0.2, 0.25) is 0 Å². The molecule has 1 atom stereocenters. The van der Waals surface area contributed by atoms with Crippen LogP contribution in [-0.4, -0.2) is 18.0 Å². The number of aryl methyl sites for hydroxylation is 1. The van der Waals surface area contributed by atoms with Crippen LogP contribution in [0, 0.1) is 6.92 Å². The van der Waals surface area contributed by atoms with Crippen LogP contribution in [-0.2, 0) is 15.7 Å². The number of amides is 1. The van der Waals surface area contributed by atoms with E-state index in [1.807, 2.05) is 0 Å². The molecule has 0 heterocycles. The lowest BCUT2D eigenvalue weighted by Crippen LogP contribution is -2.30. The first kappa shape index (κ1) is 19.8. The lowest BCUT2D eigenvalue weighted by atomic mass is 10.1. The maximum absolute atomic E-state index is 12.5. The van der Waals surface area contributed by atoms with Crippen molar-refractivity contribution >= 4 is 29.2 Å². The number of benzene rings is 2. The van der Waals surface area contributed by atoms with Gasteiger partial charge in [0.1, 0.15) is 0 Å². The molecule has 2 aromatic carbocycles. The first-order valence-electron chi connectivity index (χ1n) is 7.53. The SMILES string of the molecule is Cc1ccc(Cl)cc1NC(=O)C(C)OC(=O)c1ccc(C(F)(F)F)cc1. The van der Waals surface area contributed by atoms with E-state index in [0.717, 1.165) is 29.8 Å². The van der Waals surface area contributed by atoms with Crippen LogP contribution < -0.4 is 5.32 Å². The highest BCUT2D eigenvalue weighted by Crippen LogP contribution is 2.29. The van der Waals surface area contributed by atoms with Crippen LogP contribution in [0.5, 0.6) is 0 Å². The molecular weight excluding hydrogens is 371 g/mol. The lowest BCUT2D eigenvalue weighted by molar-refractivity contribution is -0.137. The number of ether oxygens (including phenoxy) is 1. The van der Waals surface area contributed by atoms with E-state index in [4.69, 9.17) is 16.3 Å². The molecule has 0 fully saturated rings. The Bertz CT molecular complexity index is 819. The summed E-state index contributed by atoms with van der Waals surface area (Å²) in [6.45, 7) is 3.13. The minimum Gasteiger partial charge on any atom is -0.449 e. The maximum Gasteiger partial charge on any atom is 0.416 e. The average Bonchev–Trinajstić information content (AvgIpc) is 2.57. The summed E-state index contributed by atoms with van der Waals surface area (Å²) in [5, 5.41) is 3.02. The van der Waals surface area contributed by atoms with Gasteiger partial charge in [-0.15, -0.1) is 0 Å². The molecule has 2 rings (SSSR count). The molecule has 2 aromatic rings. The molecule has 0 aliphatic rings. The number of halogens is 4. The second-order valence-electron chi connectivity index (χ2n) is 5.57. The number of nitrogens with one attached hydrogen (secondary N) is 1. The van der Waals surface area contributed by atoms with E-state index in [1.54, 1.807) is 25.1 Å². The molecule has 26 heavy (non-hydrogen) atoms. The Hall–Kier alpha value is -2.54. The minimum absolute atomic E-state index is 0.0865. The molecule has 4 nitrogen and oxygen atoms in total. The molecule has 138 valence electrons. The molecule has 0 saturated carbocycles. The number of alkyl halides is 3. The summed E-state index contributed by atoms with van der Waals surface area (Å²) >= 11 is 5.87. The molecule has 0 radical (unpaired) electrons. The zero-order chi connectivity index (χ0) is 19.5. The number of esters is 1. The first-order valence-corrected chi connectivity index (χ1v) is 7.91. The van der Waals surface area contributed by atoms with Crippen LogP contribution in [0.4, 0.5) is 18.9 Å². The summed E-state index contributed by atoms with van der Waals surface area (Å²) in [6, 6.07) is 8.48. The average molecular weight is 386 g/mol. The Morgan fingerprint density at radius 3 is 2.31 bits per heavy atom. The van der Waals surface area contributed by atoms with Crippen molar-refractivity contribution in [2.45, 2.75) is 26.1 Å². The van der Waals surface area contributed by atoms with Gasteiger partial charge in [-0.25, -0.2) is 4.79 Å². The van der Waals surface area contributed by atoms with Crippen molar-refractivity contribution in [1.29, 1.82) is 0 Å². The van der Waals surface area contributed by atoms with Gasteiger partial charge < -0.3 is 10.1 Å². The Morgan fingerprint density at radius 2 is 1.73 bits per heavy atom. The standard InChI is InChI=1S/C18H15ClF3NO3/c1-10-3-8-14(19)9-15(10)23-16(24)11(2)26-17(25)12-4-6-13(7-5-12)18(20,21)22/h3-9,11H,1-2H3,(H,23,24). The van der Waals surface area contributed by atoms with Crippen molar-refractivity contribution in [2.75, 3.05) is 5.32 Å². The zero-order valence-corrected chi connectivity index (χ0v) is 14.6. The summed E-state index contributed by atoms with van der Waals surface area (Å²) in [5.41, 5.74) is 0.275. The minimum atomic E-state index is -4.50. The highest BCUT2D eigenvalue weighted by molar-refractivity contribution is 6.31. The van der Waals surface area contributed by atoms with E-state index in [9.17, 15) is 22.8 Å². The van der Waals surface area contributed by atoms with Crippen molar-refractivity contribution in [2.24, 2.45) is 0 Å². The van der Waals surface area contributed by atoms with Gasteiger partial charge >= 0.3 is 12.1 Å². The third-order valence-electron chi connectivity index (χ3n) is 3.56.